The summed E-state index contributed by atoms with van der Waals surface area (Å²) in [5, 5.41) is 6.56. The summed E-state index contributed by atoms with van der Waals surface area (Å²) in [5.74, 6) is 2.93. The summed E-state index contributed by atoms with van der Waals surface area (Å²) in [6, 6.07) is 17.0. The summed E-state index contributed by atoms with van der Waals surface area (Å²) < 4.78 is 5.38. The fourth-order valence-electron chi connectivity index (χ4n) is 2.69. The highest BCUT2D eigenvalue weighted by molar-refractivity contribution is 5.94. The summed E-state index contributed by atoms with van der Waals surface area (Å²) in [4.78, 5) is 20.2. The molecule has 0 unspecified atom stereocenters. The number of ketones is 1. The first-order valence-corrected chi connectivity index (χ1v) is 8.64. The van der Waals surface area contributed by atoms with E-state index in [9.17, 15) is 4.79 Å². The minimum Gasteiger partial charge on any atom is -0.496 e. The number of anilines is 3. The van der Waals surface area contributed by atoms with Crippen molar-refractivity contribution in [3.63, 3.8) is 0 Å². The minimum atomic E-state index is 0.0438. The monoisotopic (exact) mass is 362 g/mol. The van der Waals surface area contributed by atoms with Crippen LogP contribution in [-0.2, 0) is 6.54 Å². The summed E-state index contributed by atoms with van der Waals surface area (Å²) in [6.45, 7) is 3.99. The maximum absolute atomic E-state index is 11.4. The number of hydrogen-bond donors (Lipinski definition) is 2. The second-order valence-electron chi connectivity index (χ2n) is 6.11. The fourth-order valence-corrected chi connectivity index (χ4v) is 2.69. The number of aromatic nitrogens is 2. The second kappa shape index (κ2) is 8.31. The molecule has 0 atom stereocenters. The van der Waals surface area contributed by atoms with Gasteiger partial charge < -0.3 is 15.4 Å². The molecule has 0 aliphatic carbocycles. The first kappa shape index (κ1) is 18.4. The maximum atomic E-state index is 11.4. The molecule has 3 aromatic rings. The van der Waals surface area contributed by atoms with E-state index in [1.165, 1.54) is 0 Å². The van der Waals surface area contributed by atoms with E-state index in [1.807, 2.05) is 49.4 Å². The van der Waals surface area contributed by atoms with Crippen LogP contribution in [-0.4, -0.2) is 22.9 Å². The summed E-state index contributed by atoms with van der Waals surface area (Å²) in [7, 11) is 1.66. The van der Waals surface area contributed by atoms with Crippen molar-refractivity contribution in [2.75, 3.05) is 17.7 Å². The molecule has 0 spiro atoms. The van der Waals surface area contributed by atoms with Crippen molar-refractivity contribution in [2.45, 2.75) is 20.4 Å². The van der Waals surface area contributed by atoms with Crippen molar-refractivity contribution < 1.29 is 9.53 Å². The van der Waals surface area contributed by atoms with Gasteiger partial charge in [0, 0.05) is 29.4 Å². The lowest BCUT2D eigenvalue weighted by Gasteiger charge is -2.12. The van der Waals surface area contributed by atoms with Crippen molar-refractivity contribution in [1.29, 1.82) is 0 Å². The Morgan fingerprint density at radius 2 is 1.74 bits per heavy atom. The Balaban J connectivity index is 1.73. The van der Waals surface area contributed by atoms with Crippen molar-refractivity contribution >= 4 is 23.1 Å². The topological polar surface area (TPSA) is 76.1 Å². The third-order valence-corrected chi connectivity index (χ3v) is 4.05. The molecule has 138 valence electrons. The maximum Gasteiger partial charge on any atom is 0.159 e. The molecule has 0 amide bonds. The third-order valence-electron chi connectivity index (χ3n) is 4.05. The molecule has 6 heteroatoms. The number of hydrogen-bond acceptors (Lipinski definition) is 6. The molecule has 1 aromatic heterocycles. The second-order valence-corrected chi connectivity index (χ2v) is 6.11. The molecule has 0 bridgehead atoms. The Bertz CT molecular complexity index is 939. The first-order chi connectivity index (χ1) is 13.0. The smallest absolute Gasteiger partial charge is 0.159 e. The number of aryl methyl sites for hydroxylation is 1. The van der Waals surface area contributed by atoms with Crippen LogP contribution in [0, 0.1) is 6.92 Å². The molecule has 3 rings (SSSR count). The Morgan fingerprint density at radius 3 is 2.44 bits per heavy atom. The number of carbonyl (C=O) groups excluding carboxylic acids is 1. The molecule has 2 N–H and O–H groups in total. The highest BCUT2D eigenvalue weighted by Gasteiger charge is 2.06. The molecule has 0 aliphatic heterocycles. The summed E-state index contributed by atoms with van der Waals surface area (Å²) in [5.41, 5.74) is 2.58. The van der Waals surface area contributed by atoms with Crippen LogP contribution in [0.1, 0.15) is 28.7 Å². The average Bonchev–Trinajstić information content (AvgIpc) is 2.66. The quantitative estimate of drug-likeness (QED) is 0.609. The molecule has 0 saturated carbocycles. The van der Waals surface area contributed by atoms with Crippen LogP contribution in [0.4, 0.5) is 17.3 Å². The third kappa shape index (κ3) is 4.82. The van der Waals surface area contributed by atoms with Crippen LogP contribution in [0.3, 0.4) is 0 Å². The van der Waals surface area contributed by atoms with Crippen LogP contribution in [0.5, 0.6) is 5.75 Å². The van der Waals surface area contributed by atoms with Crippen LogP contribution in [0.25, 0.3) is 0 Å². The van der Waals surface area contributed by atoms with Gasteiger partial charge in [0.05, 0.1) is 7.11 Å². The van der Waals surface area contributed by atoms with E-state index in [0.717, 1.165) is 22.8 Å². The van der Waals surface area contributed by atoms with Crippen LogP contribution in [0.15, 0.2) is 54.6 Å². The van der Waals surface area contributed by atoms with Crippen molar-refractivity contribution in [1.82, 2.24) is 9.97 Å². The van der Waals surface area contributed by atoms with E-state index in [-0.39, 0.29) is 5.78 Å². The minimum absolute atomic E-state index is 0.0438. The molecule has 0 radical (unpaired) electrons. The predicted octanol–water partition coefficient (Wildman–Crippen LogP) is 4.35. The molecule has 27 heavy (non-hydrogen) atoms. The van der Waals surface area contributed by atoms with Crippen LogP contribution < -0.4 is 15.4 Å². The number of nitrogens with zero attached hydrogens (tertiary/aromatic N) is 2. The average molecular weight is 362 g/mol. The van der Waals surface area contributed by atoms with E-state index >= 15 is 0 Å². The van der Waals surface area contributed by atoms with Gasteiger partial charge in [0.2, 0.25) is 0 Å². The van der Waals surface area contributed by atoms with Gasteiger partial charge in [-0.05, 0) is 44.2 Å². The standard InChI is InChI=1S/C21H22N4O2/c1-14(26)16-8-10-18(11-9-16)25-21-12-20(23-15(2)24-21)22-13-17-6-4-5-7-19(17)27-3/h4-12H,13H2,1-3H3,(H2,22,23,24,25). The Morgan fingerprint density at radius 1 is 1.04 bits per heavy atom. The zero-order valence-electron chi connectivity index (χ0n) is 15.6. The zero-order chi connectivity index (χ0) is 19.2. The van der Waals surface area contributed by atoms with Crippen molar-refractivity contribution in [2.24, 2.45) is 0 Å². The van der Waals surface area contributed by atoms with Gasteiger partial charge in [-0.25, -0.2) is 9.97 Å². The number of ether oxygens (including phenoxy) is 1. The molecule has 2 aromatic carbocycles. The van der Waals surface area contributed by atoms with Gasteiger partial charge in [0.15, 0.2) is 5.78 Å². The number of carbonyl (C=O) groups is 1. The van der Waals surface area contributed by atoms with Crippen LogP contribution in [0.2, 0.25) is 0 Å². The van der Waals surface area contributed by atoms with E-state index < -0.39 is 0 Å². The summed E-state index contributed by atoms with van der Waals surface area (Å²) >= 11 is 0. The number of Topliss-reactive ketones (excluding diaryl/α,β-unsaturated/α-hetero) is 1. The number of nitrogens with one attached hydrogen (secondary N) is 2. The zero-order valence-corrected chi connectivity index (χ0v) is 15.6. The number of benzene rings is 2. The van der Waals surface area contributed by atoms with Gasteiger partial charge in [0.1, 0.15) is 23.2 Å². The van der Waals surface area contributed by atoms with E-state index in [4.69, 9.17) is 4.74 Å². The van der Waals surface area contributed by atoms with Gasteiger partial charge in [0.25, 0.3) is 0 Å². The van der Waals surface area contributed by atoms with Crippen molar-refractivity contribution in [3.8, 4) is 5.75 Å². The molecule has 6 nitrogen and oxygen atoms in total. The van der Waals surface area contributed by atoms with Gasteiger partial charge >= 0.3 is 0 Å². The Hall–Kier alpha value is -3.41. The SMILES string of the molecule is COc1ccccc1CNc1cc(Nc2ccc(C(C)=O)cc2)nc(C)n1. The molecule has 0 fully saturated rings. The molecular weight excluding hydrogens is 340 g/mol. The lowest BCUT2D eigenvalue weighted by Crippen LogP contribution is -2.06. The molecular formula is C21H22N4O2. The number of methoxy groups -OCH3 is 1. The van der Waals surface area contributed by atoms with E-state index in [0.29, 0.717) is 23.8 Å². The highest BCUT2D eigenvalue weighted by atomic mass is 16.5. The van der Waals surface area contributed by atoms with Gasteiger partial charge in [-0.2, -0.15) is 0 Å². The van der Waals surface area contributed by atoms with E-state index in [1.54, 1.807) is 26.2 Å². The largest absolute Gasteiger partial charge is 0.496 e. The number of rotatable bonds is 7. The van der Waals surface area contributed by atoms with Gasteiger partial charge in [-0.1, -0.05) is 18.2 Å². The predicted molar refractivity (Wildman–Crippen MR) is 107 cm³/mol. The molecule has 0 aliphatic rings. The van der Waals surface area contributed by atoms with E-state index in [2.05, 4.69) is 20.6 Å². The van der Waals surface area contributed by atoms with Gasteiger partial charge in [-0.3, -0.25) is 4.79 Å². The fraction of sp³-hybridized carbons (Fsp3) is 0.190. The lowest BCUT2D eigenvalue weighted by atomic mass is 10.1. The normalized spacial score (nSPS) is 10.3. The molecule has 0 saturated heterocycles. The highest BCUT2D eigenvalue weighted by Crippen LogP contribution is 2.21. The Labute approximate surface area is 158 Å². The first-order valence-electron chi connectivity index (χ1n) is 8.64. The Kier molecular flexibility index (Phi) is 5.66. The van der Waals surface area contributed by atoms with Crippen molar-refractivity contribution in [3.05, 3.63) is 71.5 Å². The van der Waals surface area contributed by atoms with Gasteiger partial charge in [-0.15, -0.1) is 0 Å². The number of para-hydroxylation sites is 1. The lowest BCUT2D eigenvalue weighted by molar-refractivity contribution is 0.101. The molecule has 1 heterocycles. The van der Waals surface area contributed by atoms with Crippen LogP contribution >= 0.6 is 0 Å². The summed E-state index contributed by atoms with van der Waals surface area (Å²) in [6.07, 6.45) is 0.